The van der Waals surface area contributed by atoms with E-state index in [1.807, 2.05) is 6.92 Å². The lowest BCUT2D eigenvalue weighted by Crippen LogP contribution is -2.05. The van der Waals surface area contributed by atoms with E-state index in [1.165, 1.54) is 23.9 Å². The molecule has 118 valence electrons. The van der Waals surface area contributed by atoms with Gasteiger partial charge < -0.3 is 4.57 Å². The number of rotatable bonds is 5. The van der Waals surface area contributed by atoms with Crippen LogP contribution in [-0.4, -0.2) is 14.8 Å². The van der Waals surface area contributed by atoms with Crippen molar-refractivity contribution >= 4 is 11.8 Å². The maximum Gasteiger partial charge on any atom is 0.416 e. The fourth-order valence-electron chi connectivity index (χ4n) is 2.33. The van der Waals surface area contributed by atoms with Crippen LogP contribution in [0.15, 0.2) is 29.4 Å². The highest BCUT2D eigenvalue weighted by atomic mass is 32.2. The lowest BCUT2D eigenvalue weighted by atomic mass is 10.1. The average molecular weight is 327 g/mol. The molecule has 0 aliphatic heterocycles. The average Bonchev–Trinajstić information content (AvgIpc) is 3.25. The third-order valence-electron chi connectivity index (χ3n) is 3.63. The molecule has 3 rings (SSSR count). The molecule has 0 bridgehead atoms. The lowest BCUT2D eigenvalue weighted by Gasteiger charge is -2.09. The lowest BCUT2D eigenvalue weighted by molar-refractivity contribution is -0.137. The molecule has 2 aromatic rings. The molecular formula is C15H16F3N3S. The van der Waals surface area contributed by atoms with Crippen molar-refractivity contribution in [1.82, 2.24) is 14.8 Å². The first-order valence-electron chi connectivity index (χ1n) is 7.21. The molecule has 1 aliphatic rings. The largest absolute Gasteiger partial charge is 0.416 e. The topological polar surface area (TPSA) is 30.7 Å². The summed E-state index contributed by atoms with van der Waals surface area (Å²) in [5, 5.41) is 9.20. The van der Waals surface area contributed by atoms with Gasteiger partial charge in [0.1, 0.15) is 5.82 Å². The van der Waals surface area contributed by atoms with Crippen molar-refractivity contribution in [2.45, 2.75) is 49.3 Å². The quantitative estimate of drug-likeness (QED) is 0.758. The first kappa shape index (κ1) is 15.4. The molecule has 0 saturated heterocycles. The Morgan fingerprint density at radius 2 is 2.05 bits per heavy atom. The Bertz CT molecular complexity index is 662. The van der Waals surface area contributed by atoms with Gasteiger partial charge in [0, 0.05) is 18.2 Å². The molecule has 1 saturated carbocycles. The van der Waals surface area contributed by atoms with E-state index in [0.29, 0.717) is 17.2 Å². The normalized spacial score (nSPS) is 15.3. The van der Waals surface area contributed by atoms with E-state index in [9.17, 15) is 13.2 Å². The predicted molar refractivity (Wildman–Crippen MR) is 78.7 cm³/mol. The molecule has 1 aromatic heterocycles. The summed E-state index contributed by atoms with van der Waals surface area (Å²) in [6, 6.07) is 5.44. The van der Waals surface area contributed by atoms with Crippen molar-refractivity contribution in [3.63, 3.8) is 0 Å². The first-order valence-corrected chi connectivity index (χ1v) is 8.19. The Morgan fingerprint density at radius 3 is 2.68 bits per heavy atom. The molecule has 3 nitrogen and oxygen atoms in total. The Labute approximate surface area is 130 Å². The highest BCUT2D eigenvalue weighted by Gasteiger charge is 2.31. The molecule has 1 fully saturated rings. The SMILES string of the molecule is CCn1c(SCc2cccc(C(F)(F)F)c2)nnc1C1CC1. The molecule has 7 heteroatoms. The number of aromatic nitrogens is 3. The van der Waals surface area contributed by atoms with Crippen LogP contribution in [0.1, 0.15) is 42.6 Å². The zero-order chi connectivity index (χ0) is 15.7. The zero-order valence-electron chi connectivity index (χ0n) is 12.1. The summed E-state index contributed by atoms with van der Waals surface area (Å²) in [6.45, 7) is 2.81. The van der Waals surface area contributed by atoms with Crippen LogP contribution >= 0.6 is 11.8 Å². The van der Waals surface area contributed by atoms with Crippen LogP contribution in [0, 0.1) is 0 Å². The minimum atomic E-state index is -4.30. The standard InChI is InChI=1S/C15H16F3N3S/c1-2-21-13(11-6-7-11)19-20-14(21)22-9-10-4-3-5-12(8-10)15(16,17)18/h3-5,8,11H,2,6-7,9H2,1H3. The molecule has 0 unspecified atom stereocenters. The number of hydrogen-bond acceptors (Lipinski definition) is 3. The summed E-state index contributed by atoms with van der Waals surface area (Å²) in [5.74, 6) is 1.97. The summed E-state index contributed by atoms with van der Waals surface area (Å²) < 4.78 is 40.2. The van der Waals surface area contributed by atoms with E-state index in [1.54, 1.807) is 6.07 Å². The molecule has 1 heterocycles. The summed E-state index contributed by atoms with van der Waals surface area (Å²) in [6.07, 6.45) is -2.00. The van der Waals surface area contributed by atoms with E-state index < -0.39 is 11.7 Å². The number of thioether (sulfide) groups is 1. The third kappa shape index (κ3) is 3.29. The van der Waals surface area contributed by atoms with Gasteiger partial charge in [-0.05, 0) is 31.4 Å². The van der Waals surface area contributed by atoms with Crippen molar-refractivity contribution < 1.29 is 13.2 Å². The third-order valence-corrected chi connectivity index (χ3v) is 4.66. The molecule has 1 aliphatic carbocycles. The highest BCUT2D eigenvalue weighted by molar-refractivity contribution is 7.98. The summed E-state index contributed by atoms with van der Waals surface area (Å²) in [5.41, 5.74) is 0.0275. The molecule has 22 heavy (non-hydrogen) atoms. The van der Waals surface area contributed by atoms with Crippen molar-refractivity contribution in [2.24, 2.45) is 0 Å². The van der Waals surface area contributed by atoms with Gasteiger partial charge in [0.15, 0.2) is 5.16 Å². The van der Waals surface area contributed by atoms with Gasteiger partial charge in [0.2, 0.25) is 0 Å². The second-order valence-electron chi connectivity index (χ2n) is 5.35. The Kier molecular flexibility index (Phi) is 4.16. The van der Waals surface area contributed by atoms with E-state index in [2.05, 4.69) is 14.8 Å². The van der Waals surface area contributed by atoms with E-state index in [0.717, 1.165) is 36.4 Å². The number of benzene rings is 1. The van der Waals surface area contributed by atoms with Gasteiger partial charge in [0.05, 0.1) is 5.56 Å². The van der Waals surface area contributed by atoms with Gasteiger partial charge in [-0.15, -0.1) is 10.2 Å². The van der Waals surface area contributed by atoms with Crippen molar-refractivity contribution in [2.75, 3.05) is 0 Å². The molecule has 0 amide bonds. The van der Waals surface area contributed by atoms with Gasteiger partial charge in [-0.1, -0.05) is 30.0 Å². The Morgan fingerprint density at radius 1 is 1.27 bits per heavy atom. The molecule has 0 radical (unpaired) electrons. The summed E-state index contributed by atoms with van der Waals surface area (Å²) in [4.78, 5) is 0. The van der Waals surface area contributed by atoms with Gasteiger partial charge in [0.25, 0.3) is 0 Å². The van der Waals surface area contributed by atoms with Crippen LogP contribution in [0.3, 0.4) is 0 Å². The van der Waals surface area contributed by atoms with Crippen LogP contribution in [0.2, 0.25) is 0 Å². The monoisotopic (exact) mass is 327 g/mol. The van der Waals surface area contributed by atoms with E-state index >= 15 is 0 Å². The van der Waals surface area contributed by atoms with Crippen molar-refractivity contribution in [1.29, 1.82) is 0 Å². The molecular weight excluding hydrogens is 311 g/mol. The fourth-order valence-corrected chi connectivity index (χ4v) is 3.29. The molecule has 0 spiro atoms. The van der Waals surface area contributed by atoms with Gasteiger partial charge in [-0.2, -0.15) is 13.2 Å². The minimum absolute atomic E-state index is 0.451. The van der Waals surface area contributed by atoms with Crippen LogP contribution in [0.5, 0.6) is 0 Å². The van der Waals surface area contributed by atoms with Gasteiger partial charge >= 0.3 is 6.18 Å². The minimum Gasteiger partial charge on any atom is -0.306 e. The second-order valence-corrected chi connectivity index (χ2v) is 6.29. The molecule has 1 aromatic carbocycles. The zero-order valence-corrected chi connectivity index (χ0v) is 12.9. The van der Waals surface area contributed by atoms with Crippen molar-refractivity contribution in [3.05, 3.63) is 41.2 Å². The number of alkyl halides is 3. The summed E-state index contributed by atoms with van der Waals surface area (Å²) >= 11 is 1.43. The fraction of sp³-hybridized carbons (Fsp3) is 0.467. The smallest absolute Gasteiger partial charge is 0.306 e. The van der Waals surface area contributed by atoms with E-state index in [4.69, 9.17) is 0 Å². The van der Waals surface area contributed by atoms with Crippen molar-refractivity contribution in [3.8, 4) is 0 Å². The maximum absolute atomic E-state index is 12.7. The number of nitrogens with zero attached hydrogens (tertiary/aromatic N) is 3. The van der Waals surface area contributed by atoms with Crippen LogP contribution in [0.4, 0.5) is 13.2 Å². The number of hydrogen-bond donors (Lipinski definition) is 0. The number of halogens is 3. The van der Waals surface area contributed by atoms with Crippen LogP contribution < -0.4 is 0 Å². The predicted octanol–water partition coefficient (Wildman–Crippen LogP) is 4.49. The van der Waals surface area contributed by atoms with Crippen LogP contribution in [0.25, 0.3) is 0 Å². The molecule has 0 N–H and O–H groups in total. The first-order chi connectivity index (χ1) is 10.5. The maximum atomic E-state index is 12.7. The van der Waals surface area contributed by atoms with Gasteiger partial charge in [-0.3, -0.25) is 0 Å². The Hall–Kier alpha value is -1.50. The molecule has 0 atom stereocenters. The van der Waals surface area contributed by atoms with Crippen LogP contribution in [-0.2, 0) is 18.5 Å². The highest BCUT2D eigenvalue weighted by Crippen LogP contribution is 2.40. The Balaban J connectivity index is 1.73. The second kappa shape index (κ2) is 5.95. The summed E-state index contributed by atoms with van der Waals surface area (Å²) in [7, 11) is 0. The van der Waals surface area contributed by atoms with E-state index in [-0.39, 0.29) is 0 Å². The van der Waals surface area contributed by atoms with Gasteiger partial charge in [-0.25, -0.2) is 0 Å².